The van der Waals surface area contributed by atoms with Gasteiger partial charge in [0.15, 0.2) is 9.84 Å². The monoisotopic (exact) mass is 357 g/mol. The van der Waals surface area contributed by atoms with Crippen LogP contribution in [-0.2, 0) is 19.4 Å². The first-order chi connectivity index (χ1) is 11.1. The molecule has 0 unspecified atom stereocenters. The molecule has 24 heavy (non-hydrogen) atoms. The first-order valence-electron chi connectivity index (χ1n) is 7.54. The lowest BCUT2D eigenvalue weighted by molar-refractivity contribution is -0.142. The van der Waals surface area contributed by atoms with Crippen molar-refractivity contribution in [1.29, 1.82) is 0 Å². The molecule has 1 atom stereocenters. The number of sulfone groups is 1. The van der Waals surface area contributed by atoms with Gasteiger partial charge in [0, 0.05) is 6.26 Å². The number of rotatable bonds is 9. The Balaban J connectivity index is 2.46. The van der Waals surface area contributed by atoms with Crippen molar-refractivity contribution in [2.75, 3.05) is 12.9 Å². The van der Waals surface area contributed by atoms with Crippen LogP contribution in [0.5, 0.6) is 5.75 Å². The molecule has 0 bridgehead atoms. The molecule has 134 valence electrons. The number of amides is 1. The Morgan fingerprint density at radius 1 is 1.21 bits per heavy atom. The van der Waals surface area contributed by atoms with Crippen LogP contribution in [0.3, 0.4) is 0 Å². The topological polar surface area (TPSA) is 110 Å². The van der Waals surface area contributed by atoms with Crippen LogP contribution in [0.1, 0.15) is 26.7 Å². The van der Waals surface area contributed by atoms with E-state index in [4.69, 9.17) is 9.84 Å². The van der Waals surface area contributed by atoms with Gasteiger partial charge in [0.1, 0.15) is 11.8 Å². The van der Waals surface area contributed by atoms with E-state index in [1.165, 1.54) is 24.3 Å². The summed E-state index contributed by atoms with van der Waals surface area (Å²) in [4.78, 5) is 23.1. The fourth-order valence-corrected chi connectivity index (χ4v) is 2.63. The summed E-state index contributed by atoms with van der Waals surface area (Å²) >= 11 is 0. The predicted octanol–water partition coefficient (Wildman–Crippen LogP) is 1.47. The van der Waals surface area contributed by atoms with Crippen LogP contribution in [0.4, 0.5) is 0 Å². The third-order valence-corrected chi connectivity index (χ3v) is 4.32. The largest absolute Gasteiger partial charge is 0.493 e. The first kappa shape index (κ1) is 20.0. The molecular formula is C16H23NO6S. The summed E-state index contributed by atoms with van der Waals surface area (Å²) < 4.78 is 28.0. The Kier molecular flexibility index (Phi) is 7.21. The number of carbonyl (C=O) groups is 2. The van der Waals surface area contributed by atoms with Gasteiger partial charge in [-0.05, 0) is 36.6 Å². The van der Waals surface area contributed by atoms with Crippen molar-refractivity contribution in [1.82, 2.24) is 5.32 Å². The van der Waals surface area contributed by atoms with Crippen molar-refractivity contribution in [3.05, 3.63) is 24.3 Å². The number of carbonyl (C=O) groups excluding carboxylic acids is 1. The summed E-state index contributed by atoms with van der Waals surface area (Å²) in [5, 5.41) is 11.5. The van der Waals surface area contributed by atoms with Gasteiger partial charge < -0.3 is 15.2 Å². The van der Waals surface area contributed by atoms with Crippen molar-refractivity contribution in [2.45, 2.75) is 37.6 Å². The minimum atomic E-state index is -3.26. The van der Waals surface area contributed by atoms with Gasteiger partial charge in [0.25, 0.3) is 0 Å². The molecule has 8 heteroatoms. The number of hydrogen-bond acceptors (Lipinski definition) is 5. The number of ether oxygens (including phenoxy) is 1. The third-order valence-electron chi connectivity index (χ3n) is 3.19. The highest BCUT2D eigenvalue weighted by Crippen LogP contribution is 2.16. The summed E-state index contributed by atoms with van der Waals surface area (Å²) in [6.45, 7) is 3.83. The second-order valence-electron chi connectivity index (χ2n) is 5.93. The Hall–Kier alpha value is -2.09. The highest BCUT2D eigenvalue weighted by atomic mass is 32.2. The number of carboxylic acid groups (broad SMARTS) is 1. The average Bonchev–Trinajstić information content (AvgIpc) is 2.45. The van der Waals surface area contributed by atoms with Gasteiger partial charge >= 0.3 is 5.97 Å². The fourth-order valence-electron chi connectivity index (χ4n) is 2.00. The van der Waals surface area contributed by atoms with Gasteiger partial charge in [-0.1, -0.05) is 13.8 Å². The molecule has 0 aliphatic rings. The van der Waals surface area contributed by atoms with Gasteiger partial charge in [-0.25, -0.2) is 13.2 Å². The van der Waals surface area contributed by atoms with Gasteiger partial charge in [-0.3, -0.25) is 4.79 Å². The maximum absolute atomic E-state index is 11.8. The minimum Gasteiger partial charge on any atom is -0.493 e. The van der Waals surface area contributed by atoms with E-state index in [0.29, 0.717) is 12.2 Å². The second kappa shape index (κ2) is 8.68. The molecule has 0 aliphatic carbocycles. The number of hydrogen-bond donors (Lipinski definition) is 2. The molecule has 0 fully saturated rings. The lowest BCUT2D eigenvalue weighted by atomic mass is 10.0. The Labute approximate surface area is 141 Å². The molecule has 2 N–H and O–H groups in total. The lowest BCUT2D eigenvalue weighted by Crippen LogP contribution is -2.42. The van der Waals surface area contributed by atoms with E-state index in [1.807, 2.05) is 13.8 Å². The summed E-state index contributed by atoms with van der Waals surface area (Å²) in [6.07, 6.45) is 1.48. The zero-order valence-corrected chi connectivity index (χ0v) is 14.8. The van der Waals surface area contributed by atoms with Crippen LogP contribution < -0.4 is 10.1 Å². The predicted molar refractivity (Wildman–Crippen MR) is 88.7 cm³/mol. The van der Waals surface area contributed by atoms with Gasteiger partial charge in [-0.15, -0.1) is 0 Å². The van der Waals surface area contributed by atoms with Crippen LogP contribution in [0.2, 0.25) is 0 Å². The smallest absolute Gasteiger partial charge is 0.326 e. The summed E-state index contributed by atoms with van der Waals surface area (Å²) in [7, 11) is -3.26. The quantitative estimate of drug-likeness (QED) is 0.693. The number of benzene rings is 1. The zero-order chi connectivity index (χ0) is 18.3. The summed E-state index contributed by atoms with van der Waals surface area (Å²) in [5.41, 5.74) is 0. The van der Waals surface area contributed by atoms with Gasteiger partial charge in [0.05, 0.1) is 17.9 Å². The van der Waals surface area contributed by atoms with E-state index >= 15 is 0 Å². The highest BCUT2D eigenvalue weighted by molar-refractivity contribution is 7.90. The summed E-state index contributed by atoms with van der Waals surface area (Å²) in [5.74, 6) is -0.881. The first-order valence-corrected chi connectivity index (χ1v) is 9.44. The number of carboxylic acids is 1. The Morgan fingerprint density at radius 2 is 1.79 bits per heavy atom. The molecule has 0 radical (unpaired) electrons. The molecule has 1 rings (SSSR count). The fraction of sp³-hybridized carbons (Fsp3) is 0.500. The molecule has 1 amide bonds. The van der Waals surface area contributed by atoms with E-state index in [9.17, 15) is 18.0 Å². The Bertz CT molecular complexity index is 666. The molecule has 0 aromatic heterocycles. The molecule has 0 saturated heterocycles. The zero-order valence-electron chi connectivity index (χ0n) is 14.0. The lowest BCUT2D eigenvalue weighted by Gasteiger charge is -2.16. The minimum absolute atomic E-state index is 0.00963. The van der Waals surface area contributed by atoms with Crippen LogP contribution in [0, 0.1) is 5.92 Å². The van der Waals surface area contributed by atoms with Crippen molar-refractivity contribution < 1.29 is 27.9 Å². The van der Waals surface area contributed by atoms with Crippen LogP contribution in [-0.4, -0.2) is 44.3 Å². The number of nitrogens with one attached hydrogen (secondary N) is 1. The van der Waals surface area contributed by atoms with Crippen LogP contribution in [0.25, 0.3) is 0 Å². The molecule has 0 saturated carbocycles. The molecular weight excluding hydrogens is 334 g/mol. The van der Waals surface area contributed by atoms with Crippen molar-refractivity contribution >= 4 is 21.7 Å². The SMILES string of the molecule is CC(C)C[C@@H](NC(=O)CCOc1ccc(S(C)(=O)=O)cc1)C(=O)O. The molecule has 0 aliphatic heterocycles. The van der Waals surface area contributed by atoms with E-state index in [2.05, 4.69) is 5.32 Å². The molecule has 0 heterocycles. The Morgan fingerprint density at radius 3 is 2.25 bits per heavy atom. The standard InChI is InChI=1S/C16H23NO6S/c1-11(2)10-14(16(19)20)17-15(18)8-9-23-12-4-6-13(7-5-12)24(3,21)22/h4-7,11,14H,8-10H2,1-3H3,(H,17,18)(H,19,20)/t14-/m1/s1. The molecule has 0 spiro atoms. The van der Waals surface area contributed by atoms with Gasteiger partial charge in [-0.2, -0.15) is 0 Å². The number of aliphatic carboxylic acids is 1. The average molecular weight is 357 g/mol. The molecule has 1 aromatic carbocycles. The van der Waals surface area contributed by atoms with Crippen molar-refractivity contribution in [3.8, 4) is 5.75 Å². The van der Waals surface area contributed by atoms with Crippen LogP contribution >= 0.6 is 0 Å². The maximum Gasteiger partial charge on any atom is 0.326 e. The maximum atomic E-state index is 11.8. The third kappa shape index (κ3) is 6.99. The van der Waals surface area contributed by atoms with E-state index in [0.717, 1.165) is 6.26 Å². The summed E-state index contributed by atoms with van der Waals surface area (Å²) in [6, 6.07) is 4.95. The highest BCUT2D eigenvalue weighted by Gasteiger charge is 2.20. The van der Waals surface area contributed by atoms with Crippen molar-refractivity contribution in [2.24, 2.45) is 5.92 Å². The normalized spacial score (nSPS) is 12.7. The van der Waals surface area contributed by atoms with Crippen molar-refractivity contribution in [3.63, 3.8) is 0 Å². The van der Waals surface area contributed by atoms with E-state index in [1.54, 1.807) is 0 Å². The van der Waals surface area contributed by atoms with Gasteiger partial charge in [0.2, 0.25) is 5.91 Å². The molecule has 1 aromatic rings. The van der Waals surface area contributed by atoms with E-state index < -0.39 is 27.8 Å². The van der Waals surface area contributed by atoms with E-state index in [-0.39, 0.29) is 23.8 Å². The van der Waals surface area contributed by atoms with Crippen LogP contribution in [0.15, 0.2) is 29.2 Å². The second-order valence-corrected chi connectivity index (χ2v) is 7.95. The molecule has 7 nitrogen and oxygen atoms in total.